The Labute approximate surface area is 209 Å². The molecule has 10 heteroatoms. The first kappa shape index (κ1) is 24.5. The molecule has 0 aliphatic carbocycles. The van der Waals surface area contributed by atoms with Gasteiger partial charge in [-0.3, -0.25) is 9.36 Å². The number of hydrogen-bond acceptors (Lipinski definition) is 7. The Bertz CT molecular complexity index is 1340. The van der Waals surface area contributed by atoms with E-state index in [9.17, 15) is 14.7 Å². The summed E-state index contributed by atoms with van der Waals surface area (Å²) in [7, 11) is 0. The number of benzene rings is 1. The van der Waals surface area contributed by atoms with Crippen LogP contribution in [0.1, 0.15) is 57.8 Å². The number of nitrogens with zero attached hydrogens (tertiary/aromatic N) is 5. The zero-order chi connectivity index (χ0) is 25.7. The van der Waals surface area contributed by atoms with Crippen molar-refractivity contribution in [2.45, 2.75) is 69.7 Å². The van der Waals surface area contributed by atoms with Crippen LogP contribution in [0.2, 0.25) is 0 Å². The van der Waals surface area contributed by atoms with E-state index >= 15 is 0 Å². The predicted molar refractivity (Wildman–Crippen MR) is 136 cm³/mol. The maximum absolute atomic E-state index is 13.3. The summed E-state index contributed by atoms with van der Waals surface area (Å²) >= 11 is 0. The first-order valence-electron chi connectivity index (χ1n) is 12.5. The number of aromatic nitrogens is 4. The van der Waals surface area contributed by atoms with E-state index in [1.807, 2.05) is 33.7 Å². The van der Waals surface area contributed by atoms with Crippen molar-refractivity contribution in [3.63, 3.8) is 0 Å². The molecule has 3 N–H and O–H groups in total. The number of nitrogens with two attached hydrogens (primary N) is 1. The molecular formula is C26H34N6O4. The molecule has 192 valence electrons. The van der Waals surface area contributed by atoms with Crippen LogP contribution in [0.25, 0.3) is 11.0 Å². The molecule has 2 fully saturated rings. The van der Waals surface area contributed by atoms with Crippen molar-refractivity contribution >= 4 is 22.8 Å². The van der Waals surface area contributed by atoms with Gasteiger partial charge in [0.1, 0.15) is 18.2 Å². The summed E-state index contributed by atoms with van der Waals surface area (Å²) in [6.45, 7) is 7.43. The molecule has 1 spiro atoms. The fraction of sp³-hybridized carbons (Fsp3) is 0.538. The normalized spacial score (nSPS) is 24.0. The van der Waals surface area contributed by atoms with Gasteiger partial charge in [0.05, 0.1) is 34.9 Å². The molecule has 0 bridgehead atoms. The lowest BCUT2D eigenvalue weighted by Crippen LogP contribution is -2.59. The highest BCUT2D eigenvalue weighted by Crippen LogP contribution is 2.43. The molecule has 4 heterocycles. The third-order valence-electron chi connectivity index (χ3n) is 7.65. The number of rotatable bonds is 4. The molecule has 2 aliphatic heterocycles. The minimum atomic E-state index is -1.17. The van der Waals surface area contributed by atoms with Gasteiger partial charge < -0.3 is 25.0 Å². The number of fused-ring (bicyclic) bond motifs is 1. The van der Waals surface area contributed by atoms with Crippen LogP contribution < -0.4 is 11.4 Å². The van der Waals surface area contributed by atoms with Crippen LogP contribution in [0.4, 0.5) is 5.82 Å². The van der Waals surface area contributed by atoms with E-state index in [1.54, 1.807) is 19.2 Å². The van der Waals surface area contributed by atoms with Crippen LogP contribution in [-0.2, 0) is 16.1 Å². The van der Waals surface area contributed by atoms with Crippen molar-refractivity contribution in [2.75, 3.05) is 25.4 Å². The van der Waals surface area contributed by atoms with Gasteiger partial charge in [0.2, 0.25) is 5.91 Å². The number of piperidine rings is 1. The maximum atomic E-state index is 13.3. The van der Waals surface area contributed by atoms with Gasteiger partial charge in [-0.15, -0.1) is 0 Å². The molecule has 2 aromatic heterocycles. The van der Waals surface area contributed by atoms with Crippen molar-refractivity contribution in [1.82, 2.24) is 24.0 Å². The van der Waals surface area contributed by atoms with Crippen molar-refractivity contribution in [3.8, 4) is 0 Å². The molecular weight excluding hydrogens is 460 g/mol. The highest BCUT2D eigenvalue weighted by Gasteiger charge is 2.50. The average Bonchev–Trinajstić information content (AvgIpc) is 3.19. The molecule has 3 aromatic rings. The quantitative estimate of drug-likeness (QED) is 0.568. The summed E-state index contributed by atoms with van der Waals surface area (Å²) in [6, 6.07) is 8.88. The van der Waals surface area contributed by atoms with Gasteiger partial charge >= 0.3 is 5.69 Å². The van der Waals surface area contributed by atoms with Gasteiger partial charge in [-0.05, 0) is 38.0 Å². The highest BCUT2D eigenvalue weighted by atomic mass is 16.5. The number of nitrogen functional groups attached to an aromatic ring is 1. The van der Waals surface area contributed by atoms with E-state index in [0.717, 1.165) is 16.9 Å². The SMILES string of the molecule is CC(C)c1nc2ccccc2n1CC(=O)N1CCC2(CC1)C[C@@](C)(O)[C@H](n1ccc(N)nc1=O)CO2. The number of carbonyl (C=O) groups excluding carboxylic acids is 1. The first-order chi connectivity index (χ1) is 17.1. The summed E-state index contributed by atoms with van der Waals surface area (Å²) in [5.74, 6) is 1.30. The fourth-order valence-electron chi connectivity index (χ4n) is 5.72. The zero-order valence-corrected chi connectivity index (χ0v) is 21.1. The second kappa shape index (κ2) is 9.01. The minimum Gasteiger partial charge on any atom is -0.388 e. The van der Waals surface area contributed by atoms with Crippen molar-refractivity contribution < 1.29 is 14.6 Å². The molecule has 0 unspecified atom stereocenters. The predicted octanol–water partition coefficient (Wildman–Crippen LogP) is 2.07. The molecule has 1 amide bonds. The number of carbonyl (C=O) groups is 1. The Morgan fingerprint density at radius 3 is 2.61 bits per heavy atom. The third kappa shape index (κ3) is 4.39. The van der Waals surface area contributed by atoms with Crippen LogP contribution in [-0.4, -0.2) is 65.9 Å². The lowest BCUT2D eigenvalue weighted by atomic mass is 9.75. The molecule has 0 radical (unpaired) electrons. The van der Waals surface area contributed by atoms with Crippen LogP contribution in [0, 0.1) is 0 Å². The van der Waals surface area contributed by atoms with Gasteiger partial charge in [0, 0.05) is 31.6 Å². The average molecular weight is 495 g/mol. The number of imidazole rings is 1. The van der Waals surface area contributed by atoms with Crippen molar-refractivity contribution in [3.05, 3.63) is 52.8 Å². The lowest BCUT2D eigenvalue weighted by molar-refractivity contribution is -0.198. The molecule has 2 aliphatic rings. The third-order valence-corrected chi connectivity index (χ3v) is 7.65. The Morgan fingerprint density at radius 1 is 1.22 bits per heavy atom. The Morgan fingerprint density at radius 2 is 1.94 bits per heavy atom. The van der Waals surface area contributed by atoms with Crippen LogP contribution in [0.5, 0.6) is 0 Å². The number of anilines is 1. The fourth-order valence-corrected chi connectivity index (χ4v) is 5.72. The Hall–Kier alpha value is -3.24. The lowest BCUT2D eigenvalue weighted by Gasteiger charge is -2.51. The van der Waals surface area contributed by atoms with Gasteiger partial charge in [-0.2, -0.15) is 4.98 Å². The van der Waals surface area contributed by atoms with Gasteiger partial charge in [-0.25, -0.2) is 9.78 Å². The topological polar surface area (TPSA) is 128 Å². The molecule has 2 atom stereocenters. The second-order valence-electron chi connectivity index (χ2n) is 10.7. The number of hydrogen-bond donors (Lipinski definition) is 2. The van der Waals surface area contributed by atoms with Gasteiger partial charge in [0.15, 0.2) is 0 Å². The molecule has 2 saturated heterocycles. The van der Waals surface area contributed by atoms with E-state index in [-0.39, 0.29) is 30.8 Å². The summed E-state index contributed by atoms with van der Waals surface area (Å²) in [5.41, 5.74) is 5.26. The molecule has 0 saturated carbocycles. The van der Waals surface area contributed by atoms with E-state index in [0.29, 0.717) is 32.4 Å². The summed E-state index contributed by atoms with van der Waals surface area (Å²) in [6.07, 6.45) is 3.17. The Balaban J connectivity index is 1.27. The van der Waals surface area contributed by atoms with E-state index in [4.69, 9.17) is 15.5 Å². The summed E-state index contributed by atoms with van der Waals surface area (Å²) in [4.78, 5) is 36.1. The Kier molecular flexibility index (Phi) is 6.12. The smallest absolute Gasteiger partial charge is 0.349 e. The van der Waals surface area contributed by atoms with E-state index in [1.165, 1.54) is 4.57 Å². The van der Waals surface area contributed by atoms with Crippen LogP contribution in [0.3, 0.4) is 0 Å². The van der Waals surface area contributed by atoms with Crippen LogP contribution in [0.15, 0.2) is 41.3 Å². The number of aliphatic hydroxyl groups is 1. The monoisotopic (exact) mass is 494 g/mol. The van der Waals surface area contributed by atoms with E-state index < -0.39 is 22.9 Å². The number of likely N-dealkylation sites (tertiary alicyclic amines) is 1. The number of ether oxygens (including phenoxy) is 1. The van der Waals surface area contributed by atoms with Crippen LogP contribution >= 0.6 is 0 Å². The first-order valence-corrected chi connectivity index (χ1v) is 12.5. The summed E-state index contributed by atoms with van der Waals surface area (Å²) in [5, 5.41) is 11.3. The number of amides is 1. The van der Waals surface area contributed by atoms with Gasteiger partial charge in [-0.1, -0.05) is 26.0 Å². The highest BCUT2D eigenvalue weighted by molar-refractivity contribution is 5.81. The maximum Gasteiger partial charge on any atom is 0.349 e. The second-order valence-corrected chi connectivity index (χ2v) is 10.7. The zero-order valence-electron chi connectivity index (χ0n) is 21.1. The largest absolute Gasteiger partial charge is 0.388 e. The number of para-hydroxylation sites is 2. The van der Waals surface area contributed by atoms with Crippen molar-refractivity contribution in [1.29, 1.82) is 0 Å². The van der Waals surface area contributed by atoms with Crippen molar-refractivity contribution in [2.24, 2.45) is 0 Å². The molecule has 5 rings (SSSR count). The molecule has 1 aromatic carbocycles. The van der Waals surface area contributed by atoms with Gasteiger partial charge in [0.25, 0.3) is 0 Å². The standard InChI is InChI=1S/C26H34N6O4/c1-17(2)23-28-18-6-4-5-7-19(18)32(23)14-22(33)30-12-9-26(10-13-30)16-25(3,35)20(15-36-26)31-11-8-21(27)29-24(31)34/h4-8,11,17,20,35H,9-10,12-16H2,1-3H3,(H2,27,29,34)/t20-,25-/m1/s1. The molecule has 36 heavy (non-hydrogen) atoms. The minimum absolute atomic E-state index is 0.0508. The van der Waals surface area contributed by atoms with E-state index in [2.05, 4.69) is 18.8 Å². The molecule has 10 nitrogen and oxygen atoms in total. The summed E-state index contributed by atoms with van der Waals surface area (Å²) < 4.78 is 9.72.